The van der Waals surface area contributed by atoms with E-state index in [9.17, 15) is 4.57 Å². The van der Waals surface area contributed by atoms with Crippen LogP contribution >= 0.6 is 7.60 Å². The lowest BCUT2D eigenvalue weighted by Crippen LogP contribution is -2.35. The van der Waals surface area contributed by atoms with Gasteiger partial charge in [-0.1, -0.05) is 0 Å². The Morgan fingerprint density at radius 1 is 1.29 bits per heavy atom. The molecule has 0 aliphatic carbocycles. The number of hydrogen-bond donors (Lipinski definition) is 1. The molecule has 0 spiro atoms. The molecule has 0 unspecified atom stereocenters. The lowest BCUT2D eigenvalue weighted by Gasteiger charge is -2.29. The Morgan fingerprint density at radius 2 is 1.93 bits per heavy atom. The van der Waals surface area contributed by atoms with Gasteiger partial charge in [-0.05, 0) is 39.7 Å². The molecule has 14 heavy (non-hydrogen) atoms. The normalized spacial score (nSPS) is 23.7. The third-order valence-electron chi connectivity index (χ3n) is 2.28. The number of piperidine rings is 1. The average Bonchev–Trinajstić information content (AvgIpc) is 2.20. The molecule has 0 aromatic heterocycles. The first kappa shape index (κ1) is 12.2. The van der Waals surface area contributed by atoms with Crippen molar-refractivity contribution in [2.75, 3.05) is 19.8 Å². The van der Waals surface area contributed by atoms with Crippen molar-refractivity contribution in [3.63, 3.8) is 0 Å². The smallest absolute Gasteiger partial charge is 0.308 e. The molecule has 0 amide bonds. The molecule has 5 heteroatoms. The van der Waals surface area contributed by atoms with Gasteiger partial charge < -0.3 is 14.4 Å². The summed E-state index contributed by atoms with van der Waals surface area (Å²) in [5.74, 6) is -0.101. The van der Waals surface area contributed by atoms with E-state index in [0.717, 1.165) is 25.8 Å². The molecule has 1 aliphatic rings. The number of rotatable bonds is 5. The van der Waals surface area contributed by atoms with Gasteiger partial charge in [0, 0.05) is 0 Å². The Balaban J connectivity index is 2.59. The molecule has 1 heterocycles. The van der Waals surface area contributed by atoms with E-state index in [2.05, 4.69) is 5.32 Å². The minimum absolute atomic E-state index is 0.101. The monoisotopic (exact) mass is 221 g/mol. The molecule has 0 saturated carbocycles. The Labute approximate surface area is 85.9 Å². The van der Waals surface area contributed by atoms with Gasteiger partial charge in [-0.15, -0.1) is 0 Å². The number of hydrogen-bond acceptors (Lipinski definition) is 4. The minimum Gasteiger partial charge on any atom is -0.308 e. The minimum atomic E-state index is -2.91. The molecule has 1 saturated heterocycles. The molecule has 0 radical (unpaired) electrons. The van der Waals surface area contributed by atoms with E-state index in [1.54, 1.807) is 0 Å². The third-order valence-corrected chi connectivity index (χ3v) is 4.72. The van der Waals surface area contributed by atoms with Crippen molar-refractivity contribution in [1.29, 1.82) is 0 Å². The molecule has 1 fully saturated rings. The largest absolute Gasteiger partial charge is 0.347 e. The van der Waals surface area contributed by atoms with Crippen LogP contribution in [-0.4, -0.2) is 25.5 Å². The van der Waals surface area contributed by atoms with Gasteiger partial charge in [-0.25, -0.2) is 0 Å². The van der Waals surface area contributed by atoms with Gasteiger partial charge in [0.15, 0.2) is 0 Å². The van der Waals surface area contributed by atoms with E-state index >= 15 is 0 Å². The van der Waals surface area contributed by atoms with Crippen molar-refractivity contribution in [2.45, 2.75) is 38.9 Å². The van der Waals surface area contributed by atoms with E-state index < -0.39 is 7.60 Å². The summed E-state index contributed by atoms with van der Waals surface area (Å²) >= 11 is 0. The summed E-state index contributed by atoms with van der Waals surface area (Å²) < 4.78 is 22.8. The summed E-state index contributed by atoms with van der Waals surface area (Å²) in [5, 5.41) is 3.22. The first-order valence-corrected chi connectivity index (χ1v) is 6.96. The highest BCUT2D eigenvalue weighted by atomic mass is 31.2. The fourth-order valence-corrected chi connectivity index (χ4v) is 3.69. The Bertz CT molecular complexity index is 194. The van der Waals surface area contributed by atoms with Crippen LogP contribution in [0.15, 0.2) is 0 Å². The summed E-state index contributed by atoms with van der Waals surface area (Å²) in [6.07, 6.45) is 3.13. The Morgan fingerprint density at radius 3 is 2.36 bits per heavy atom. The maximum atomic E-state index is 12.3. The first-order valence-electron chi connectivity index (χ1n) is 5.35. The van der Waals surface area contributed by atoms with Crippen LogP contribution in [-0.2, 0) is 13.6 Å². The van der Waals surface area contributed by atoms with Crippen molar-refractivity contribution in [3.05, 3.63) is 0 Å². The van der Waals surface area contributed by atoms with Crippen LogP contribution in [0.1, 0.15) is 33.1 Å². The SMILES string of the molecule is CCOP(=O)(OCC)[C@@H]1CCCCN1. The Hall–Kier alpha value is 0.110. The summed E-state index contributed by atoms with van der Waals surface area (Å²) in [4.78, 5) is 0. The van der Waals surface area contributed by atoms with Crippen molar-refractivity contribution >= 4 is 7.60 Å². The van der Waals surface area contributed by atoms with Gasteiger partial charge in [-0.3, -0.25) is 4.57 Å². The Kier molecular flexibility index (Phi) is 5.10. The molecular formula is C9H20NO3P. The van der Waals surface area contributed by atoms with E-state index in [4.69, 9.17) is 9.05 Å². The zero-order valence-electron chi connectivity index (χ0n) is 8.99. The van der Waals surface area contributed by atoms with E-state index in [0.29, 0.717) is 13.2 Å². The highest BCUT2D eigenvalue weighted by molar-refractivity contribution is 7.54. The molecule has 0 bridgehead atoms. The maximum absolute atomic E-state index is 12.3. The maximum Gasteiger partial charge on any atom is 0.347 e. The zero-order valence-corrected chi connectivity index (χ0v) is 9.89. The lowest BCUT2D eigenvalue weighted by molar-refractivity contribution is 0.202. The van der Waals surface area contributed by atoms with Crippen LogP contribution in [0.5, 0.6) is 0 Å². The second-order valence-corrected chi connectivity index (χ2v) is 5.56. The highest BCUT2D eigenvalue weighted by Crippen LogP contribution is 2.53. The average molecular weight is 221 g/mol. The second kappa shape index (κ2) is 5.86. The quantitative estimate of drug-likeness (QED) is 0.724. The van der Waals surface area contributed by atoms with Gasteiger partial charge >= 0.3 is 7.60 Å². The van der Waals surface area contributed by atoms with Crippen LogP contribution in [0.4, 0.5) is 0 Å². The van der Waals surface area contributed by atoms with Gasteiger partial charge in [0.2, 0.25) is 0 Å². The van der Waals surface area contributed by atoms with Crippen LogP contribution < -0.4 is 5.32 Å². The van der Waals surface area contributed by atoms with Crippen LogP contribution in [0.3, 0.4) is 0 Å². The van der Waals surface area contributed by atoms with Gasteiger partial charge in [0.1, 0.15) is 5.78 Å². The molecular weight excluding hydrogens is 201 g/mol. The second-order valence-electron chi connectivity index (χ2n) is 3.34. The standard InChI is InChI=1S/C9H20NO3P/c1-3-12-14(11,13-4-2)9-7-5-6-8-10-9/h9-10H,3-8H2,1-2H3/t9-/m1/s1. The van der Waals surface area contributed by atoms with Gasteiger partial charge in [-0.2, -0.15) is 0 Å². The van der Waals surface area contributed by atoms with Crippen molar-refractivity contribution < 1.29 is 13.6 Å². The molecule has 1 aliphatic heterocycles. The predicted octanol–water partition coefficient (Wildman–Crippen LogP) is 2.35. The summed E-state index contributed by atoms with van der Waals surface area (Å²) in [6.45, 7) is 5.47. The van der Waals surface area contributed by atoms with Crippen molar-refractivity contribution in [1.82, 2.24) is 5.32 Å². The molecule has 0 aromatic carbocycles. The molecule has 84 valence electrons. The molecule has 1 N–H and O–H groups in total. The molecule has 4 nitrogen and oxygen atoms in total. The van der Waals surface area contributed by atoms with Crippen molar-refractivity contribution in [3.8, 4) is 0 Å². The van der Waals surface area contributed by atoms with Gasteiger partial charge in [0.05, 0.1) is 13.2 Å². The van der Waals surface area contributed by atoms with Crippen LogP contribution in [0, 0.1) is 0 Å². The van der Waals surface area contributed by atoms with Crippen LogP contribution in [0.2, 0.25) is 0 Å². The van der Waals surface area contributed by atoms with E-state index in [-0.39, 0.29) is 5.78 Å². The molecule has 1 rings (SSSR count). The van der Waals surface area contributed by atoms with Crippen LogP contribution in [0.25, 0.3) is 0 Å². The van der Waals surface area contributed by atoms with E-state index in [1.807, 2.05) is 13.8 Å². The first-order chi connectivity index (χ1) is 6.73. The summed E-state index contributed by atoms with van der Waals surface area (Å²) in [5.41, 5.74) is 0. The lowest BCUT2D eigenvalue weighted by atomic mass is 10.2. The topological polar surface area (TPSA) is 47.6 Å². The molecule has 1 atom stereocenters. The zero-order chi connectivity index (χ0) is 10.4. The highest BCUT2D eigenvalue weighted by Gasteiger charge is 2.35. The fourth-order valence-electron chi connectivity index (χ4n) is 1.68. The summed E-state index contributed by atoms with van der Waals surface area (Å²) in [6, 6.07) is 0. The number of nitrogens with one attached hydrogen (secondary N) is 1. The molecule has 0 aromatic rings. The van der Waals surface area contributed by atoms with E-state index in [1.165, 1.54) is 0 Å². The fraction of sp³-hybridized carbons (Fsp3) is 1.00. The van der Waals surface area contributed by atoms with Gasteiger partial charge in [0.25, 0.3) is 0 Å². The third kappa shape index (κ3) is 3.06. The van der Waals surface area contributed by atoms with Crippen molar-refractivity contribution in [2.24, 2.45) is 0 Å². The predicted molar refractivity (Wildman–Crippen MR) is 56.5 cm³/mol. The summed E-state index contributed by atoms with van der Waals surface area (Å²) in [7, 11) is -2.91.